The van der Waals surface area contributed by atoms with E-state index in [9.17, 15) is 0 Å². The molecule has 0 aliphatic heterocycles. The summed E-state index contributed by atoms with van der Waals surface area (Å²) in [6, 6.07) is 26.5. The van der Waals surface area contributed by atoms with Gasteiger partial charge in [0, 0.05) is 5.56 Å². The summed E-state index contributed by atoms with van der Waals surface area (Å²) in [6.45, 7) is 7.50. The summed E-state index contributed by atoms with van der Waals surface area (Å²) < 4.78 is 6.20. The summed E-state index contributed by atoms with van der Waals surface area (Å²) in [7, 11) is 0. The van der Waals surface area contributed by atoms with Gasteiger partial charge in [-0.2, -0.15) is 0 Å². The second-order valence-electron chi connectivity index (χ2n) is 9.64. The van der Waals surface area contributed by atoms with Gasteiger partial charge in [-0.25, -0.2) is 0 Å². The van der Waals surface area contributed by atoms with E-state index in [1.54, 1.807) is 0 Å². The van der Waals surface area contributed by atoms with Gasteiger partial charge in [-0.3, -0.25) is 0 Å². The van der Waals surface area contributed by atoms with Gasteiger partial charge in [0.25, 0.3) is 0 Å². The van der Waals surface area contributed by atoms with Crippen LogP contribution in [-0.2, 0) is 0 Å². The Hall–Kier alpha value is -2.54. The molecule has 1 nitrogen and oxygen atoms in total. The smallest absolute Gasteiger partial charge is 0.127 e. The van der Waals surface area contributed by atoms with Crippen LogP contribution in [0.15, 0.2) is 72.8 Å². The first kappa shape index (κ1) is 23.6. The quantitative estimate of drug-likeness (QED) is 0.322. The Balaban J connectivity index is 1.63. The largest absolute Gasteiger partial charge is 0.493 e. The summed E-state index contributed by atoms with van der Waals surface area (Å²) in [6.07, 6.45) is 9.51. The Labute approximate surface area is 201 Å². The Kier molecular flexibility index (Phi) is 8.26. The molecule has 174 valence electrons. The van der Waals surface area contributed by atoms with Gasteiger partial charge in [0.2, 0.25) is 0 Å². The van der Waals surface area contributed by atoms with Crippen LogP contribution in [0.25, 0.3) is 22.3 Å². The first-order valence-corrected chi connectivity index (χ1v) is 13.2. The molecular formula is C32H40O. The third kappa shape index (κ3) is 5.52. The predicted octanol–water partition coefficient (Wildman–Crippen LogP) is 9.52. The van der Waals surface area contributed by atoms with Crippen molar-refractivity contribution < 1.29 is 4.74 Å². The molecule has 0 amide bonds. The molecule has 1 heteroatoms. The van der Waals surface area contributed by atoms with Crippen molar-refractivity contribution >= 4 is 0 Å². The highest BCUT2D eigenvalue weighted by atomic mass is 16.5. The van der Waals surface area contributed by atoms with E-state index in [2.05, 4.69) is 93.6 Å². The predicted molar refractivity (Wildman–Crippen MR) is 142 cm³/mol. The maximum atomic E-state index is 6.20. The molecule has 1 saturated carbocycles. The fourth-order valence-corrected chi connectivity index (χ4v) is 6.04. The van der Waals surface area contributed by atoms with Gasteiger partial charge in [-0.05, 0) is 65.8 Å². The third-order valence-corrected chi connectivity index (χ3v) is 7.62. The van der Waals surface area contributed by atoms with Crippen LogP contribution in [0.5, 0.6) is 5.75 Å². The molecule has 0 bridgehead atoms. The molecule has 1 aliphatic carbocycles. The first-order valence-electron chi connectivity index (χ1n) is 13.2. The summed E-state index contributed by atoms with van der Waals surface area (Å²) in [5.74, 6) is 3.36. The number of rotatable bonds is 9. The van der Waals surface area contributed by atoms with E-state index >= 15 is 0 Å². The molecule has 0 heterocycles. The molecule has 3 unspecified atom stereocenters. The van der Waals surface area contributed by atoms with E-state index < -0.39 is 0 Å². The number of benzene rings is 3. The van der Waals surface area contributed by atoms with Crippen molar-refractivity contribution in [2.45, 2.75) is 71.6 Å². The third-order valence-electron chi connectivity index (χ3n) is 7.62. The van der Waals surface area contributed by atoms with Crippen molar-refractivity contribution in [3.8, 4) is 28.0 Å². The normalized spacial score (nSPS) is 19.2. The monoisotopic (exact) mass is 440 g/mol. The number of hydrogen-bond donors (Lipinski definition) is 0. The van der Waals surface area contributed by atoms with Crippen LogP contribution in [0, 0.1) is 11.8 Å². The van der Waals surface area contributed by atoms with Crippen LogP contribution >= 0.6 is 0 Å². The molecule has 0 N–H and O–H groups in total. The van der Waals surface area contributed by atoms with Gasteiger partial charge >= 0.3 is 0 Å². The average Bonchev–Trinajstić information content (AvgIpc) is 2.87. The van der Waals surface area contributed by atoms with E-state index in [4.69, 9.17) is 4.74 Å². The Morgan fingerprint density at radius 1 is 0.788 bits per heavy atom. The maximum Gasteiger partial charge on any atom is 0.127 e. The van der Waals surface area contributed by atoms with Crippen LogP contribution in [-0.4, -0.2) is 6.61 Å². The van der Waals surface area contributed by atoms with Gasteiger partial charge in [0.1, 0.15) is 5.75 Å². The lowest BCUT2D eigenvalue weighted by Crippen LogP contribution is -2.25. The standard InChI is InChI=1S/C32H40O/c1-4-12-26-15-10-11-16-30(26)29(5-2)28-21-22-31(32(23-28)33-6-3)27-19-17-25(18-20-27)24-13-8-7-9-14-24/h7-9,13-14,17-23,26,29-30H,4-6,10-12,15-16H2,1-3H3. The zero-order chi connectivity index (χ0) is 23.0. The fraction of sp³-hybridized carbons (Fsp3) is 0.438. The van der Waals surface area contributed by atoms with Crippen LogP contribution in [0.3, 0.4) is 0 Å². The van der Waals surface area contributed by atoms with Crippen molar-refractivity contribution in [1.82, 2.24) is 0 Å². The van der Waals surface area contributed by atoms with Crippen LogP contribution < -0.4 is 4.74 Å². The van der Waals surface area contributed by atoms with E-state index in [-0.39, 0.29) is 0 Å². The molecule has 0 spiro atoms. The summed E-state index contributed by atoms with van der Waals surface area (Å²) in [5.41, 5.74) is 6.39. The average molecular weight is 441 g/mol. The van der Waals surface area contributed by atoms with Crippen molar-refractivity contribution in [2.75, 3.05) is 6.61 Å². The highest BCUT2D eigenvalue weighted by Crippen LogP contribution is 2.45. The van der Waals surface area contributed by atoms with E-state index in [1.807, 2.05) is 0 Å². The van der Waals surface area contributed by atoms with Crippen molar-refractivity contribution in [2.24, 2.45) is 11.8 Å². The summed E-state index contributed by atoms with van der Waals surface area (Å²) in [5, 5.41) is 0. The maximum absolute atomic E-state index is 6.20. The lowest BCUT2D eigenvalue weighted by atomic mass is 9.68. The lowest BCUT2D eigenvalue weighted by molar-refractivity contribution is 0.184. The Bertz CT molecular complexity index is 987. The SMILES string of the molecule is CCCC1CCCCC1C(CC)c1ccc(-c2ccc(-c3ccccc3)cc2)c(OCC)c1. The zero-order valence-electron chi connectivity index (χ0n) is 20.7. The fourth-order valence-electron chi connectivity index (χ4n) is 6.04. The molecule has 0 aromatic heterocycles. The van der Waals surface area contributed by atoms with Crippen molar-refractivity contribution in [3.63, 3.8) is 0 Å². The topological polar surface area (TPSA) is 9.23 Å². The first-order chi connectivity index (χ1) is 16.2. The number of ether oxygens (including phenoxy) is 1. The van der Waals surface area contributed by atoms with Crippen LogP contribution in [0.1, 0.15) is 77.2 Å². The zero-order valence-corrected chi connectivity index (χ0v) is 20.7. The van der Waals surface area contributed by atoms with Gasteiger partial charge in [-0.15, -0.1) is 0 Å². The second-order valence-corrected chi connectivity index (χ2v) is 9.64. The molecule has 1 aliphatic rings. The molecule has 0 radical (unpaired) electrons. The van der Waals surface area contributed by atoms with E-state index in [0.29, 0.717) is 12.5 Å². The Morgan fingerprint density at radius 3 is 2.18 bits per heavy atom. The van der Waals surface area contributed by atoms with Gasteiger partial charge < -0.3 is 4.74 Å². The molecule has 3 aromatic rings. The molecule has 0 saturated heterocycles. The van der Waals surface area contributed by atoms with Crippen molar-refractivity contribution in [3.05, 3.63) is 78.4 Å². The number of hydrogen-bond acceptors (Lipinski definition) is 1. The highest BCUT2D eigenvalue weighted by Gasteiger charge is 2.31. The summed E-state index contributed by atoms with van der Waals surface area (Å²) in [4.78, 5) is 0. The minimum atomic E-state index is 0.635. The molecular weight excluding hydrogens is 400 g/mol. The van der Waals surface area contributed by atoms with Gasteiger partial charge in [0.05, 0.1) is 6.61 Å². The van der Waals surface area contributed by atoms with E-state index in [0.717, 1.165) is 17.6 Å². The molecule has 3 atom stereocenters. The summed E-state index contributed by atoms with van der Waals surface area (Å²) >= 11 is 0. The van der Waals surface area contributed by atoms with Gasteiger partial charge in [-0.1, -0.05) is 113 Å². The molecule has 1 fully saturated rings. The Morgan fingerprint density at radius 2 is 1.48 bits per heavy atom. The molecule has 4 rings (SSSR count). The lowest BCUT2D eigenvalue weighted by Gasteiger charge is -2.37. The highest BCUT2D eigenvalue weighted by molar-refractivity contribution is 5.74. The minimum absolute atomic E-state index is 0.635. The minimum Gasteiger partial charge on any atom is -0.493 e. The van der Waals surface area contributed by atoms with Crippen molar-refractivity contribution in [1.29, 1.82) is 0 Å². The molecule has 3 aromatic carbocycles. The van der Waals surface area contributed by atoms with Crippen LogP contribution in [0.4, 0.5) is 0 Å². The second kappa shape index (κ2) is 11.5. The van der Waals surface area contributed by atoms with E-state index in [1.165, 1.54) is 72.8 Å². The van der Waals surface area contributed by atoms with Crippen LogP contribution in [0.2, 0.25) is 0 Å². The van der Waals surface area contributed by atoms with Gasteiger partial charge in [0.15, 0.2) is 0 Å². The molecule has 33 heavy (non-hydrogen) atoms.